The van der Waals surface area contributed by atoms with E-state index < -0.39 is 32.6 Å². The molecule has 0 N–H and O–H groups in total. The second kappa shape index (κ2) is 5.71. The summed E-state index contributed by atoms with van der Waals surface area (Å²) in [6.45, 7) is 2.93. The van der Waals surface area contributed by atoms with Crippen LogP contribution in [0.15, 0.2) is 28.7 Å². The number of alkyl halides is 3. The summed E-state index contributed by atoms with van der Waals surface area (Å²) < 4.78 is 67.0. The van der Waals surface area contributed by atoms with Crippen molar-refractivity contribution in [2.24, 2.45) is 0 Å². The Balaban J connectivity index is 2.18. The summed E-state index contributed by atoms with van der Waals surface area (Å²) in [7, 11) is -3.68. The first kappa shape index (κ1) is 16.5. The Morgan fingerprint density at radius 1 is 1.18 bits per heavy atom. The van der Waals surface area contributed by atoms with E-state index in [0.29, 0.717) is 0 Å². The number of hydrogen-bond donors (Lipinski definition) is 0. The van der Waals surface area contributed by atoms with Crippen LogP contribution in [0, 0.1) is 6.92 Å². The predicted molar refractivity (Wildman–Crippen MR) is 71.5 cm³/mol. The second-order valence-electron chi connectivity index (χ2n) is 4.80. The van der Waals surface area contributed by atoms with Gasteiger partial charge in [0.25, 0.3) is 0 Å². The number of aryl methyl sites for hydroxylation is 1. The van der Waals surface area contributed by atoms with E-state index in [-0.39, 0.29) is 17.3 Å². The fourth-order valence-corrected chi connectivity index (χ4v) is 3.09. The van der Waals surface area contributed by atoms with Gasteiger partial charge in [0, 0.05) is 6.92 Å². The van der Waals surface area contributed by atoms with Gasteiger partial charge in [-0.25, -0.2) is 8.42 Å². The average molecular weight is 334 g/mol. The third kappa shape index (κ3) is 3.65. The summed E-state index contributed by atoms with van der Waals surface area (Å²) in [4.78, 5) is 0. The molecule has 0 saturated heterocycles. The lowest BCUT2D eigenvalue weighted by molar-refractivity contribution is -0.137. The summed E-state index contributed by atoms with van der Waals surface area (Å²) in [6, 6.07) is 4.00. The number of aromatic nitrogens is 2. The number of halogens is 3. The second-order valence-corrected chi connectivity index (χ2v) is 7.12. The van der Waals surface area contributed by atoms with E-state index in [2.05, 4.69) is 10.2 Å². The van der Waals surface area contributed by atoms with Crippen LogP contribution in [0.5, 0.6) is 0 Å². The lowest BCUT2D eigenvalue weighted by Gasteiger charge is -2.10. The highest BCUT2D eigenvalue weighted by Gasteiger charge is 2.31. The SMILES string of the molecule is Cc1nnc([C@@H](C)S(=O)(=O)Cc2ccc(C(F)(F)F)cc2)o1. The molecule has 0 aliphatic carbocycles. The molecule has 2 rings (SSSR count). The van der Waals surface area contributed by atoms with Gasteiger partial charge in [-0.15, -0.1) is 10.2 Å². The van der Waals surface area contributed by atoms with Gasteiger partial charge in [-0.3, -0.25) is 0 Å². The molecule has 0 spiro atoms. The van der Waals surface area contributed by atoms with E-state index in [1.807, 2.05) is 0 Å². The molecular weight excluding hydrogens is 321 g/mol. The Morgan fingerprint density at radius 2 is 1.77 bits per heavy atom. The van der Waals surface area contributed by atoms with Gasteiger partial charge in [-0.1, -0.05) is 12.1 Å². The van der Waals surface area contributed by atoms with Crippen LogP contribution < -0.4 is 0 Å². The molecule has 1 aromatic carbocycles. The summed E-state index contributed by atoms with van der Waals surface area (Å²) in [5.41, 5.74) is -0.565. The molecule has 0 radical (unpaired) electrons. The molecular formula is C13H13F3N2O3S. The quantitative estimate of drug-likeness (QED) is 0.859. The molecule has 1 aromatic heterocycles. The normalized spacial score (nSPS) is 14.0. The number of nitrogens with zero attached hydrogens (tertiary/aromatic N) is 2. The van der Waals surface area contributed by atoms with Gasteiger partial charge in [0.15, 0.2) is 9.84 Å². The van der Waals surface area contributed by atoms with Crippen molar-refractivity contribution < 1.29 is 26.0 Å². The van der Waals surface area contributed by atoms with Gasteiger partial charge in [-0.2, -0.15) is 13.2 Å². The summed E-state index contributed by atoms with van der Waals surface area (Å²) in [5.74, 6) is -0.204. The number of rotatable bonds is 4. The van der Waals surface area contributed by atoms with Gasteiger partial charge in [0.1, 0.15) is 5.25 Å². The largest absolute Gasteiger partial charge is 0.424 e. The van der Waals surface area contributed by atoms with Crippen molar-refractivity contribution in [3.05, 3.63) is 47.2 Å². The van der Waals surface area contributed by atoms with E-state index in [1.54, 1.807) is 0 Å². The van der Waals surface area contributed by atoms with Crippen LogP contribution in [0.4, 0.5) is 13.2 Å². The van der Waals surface area contributed by atoms with E-state index in [1.165, 1.54) is 13.8 Å². The molecule has 9 heteroatoms. The fraction of sp³-hybridized carbons (Fsp3) is 0.385. The third-order valence-corrected chi connectivity index (χ3v) is 5.09. The van der Waals surface area contributed by atoms with Crippen LogP contribution in [0.2, 0.25) is 0 Å². The highest BCUT2D eigenvalue weighted by molar-refractivity contribution is 7.90. The summed E-state index contributed by atoms with van der Waals surface area (Å²) in [5, 5.41) is 6.18. The third-order valence-electron chi connectivity index (χ3n) is 3.08. The first-order chi connectivity index (χ1) is 10.1. The lowest BCUT2D eigenvalue weighted by atomic mass is 10.1. The van der Waals surface area contributed by atoms with Gasteiger partial charge in [-0.05, 0) is 24.6 Å². The summed E-state index contributed by atoms with van der Waals surface area (Å²) in [6.07, 6.45) is -4.45. The van der Waals surface area contributed by atoms with E-state index in [4.69, 9.17) is 4.42 Å². The van der Waals surface area contributed by atoms with Crippen molar-refractivity contribution in [3.63, 3.8) is 0 Å². The maximum absolute atomic E-state index is 12.5. The van der Waals surface area contributed by atoms with Crippen LogP contribution in [-0.2, 0) is 21.8 Å². The molecule has 0 bridgehead atoms. The molecule has 1 heterocycles. The standard InChI is InChI=1S/C13H13F3N2O3S/c1-8(12-18-17-9(2)21-12)22(19,20)7-10-3-5-11(6-4-10)13(14,15)16/h3-6,8H,7H2,1-2H3/t8-/m1/s1. The van der Waals surface area contributed by atoms with E-state index in [9.17, 15) is 21.6 Å². The number of benzene rings is 1. The molecule has 2 aromatic rings. The monoisotopic (exact) mass is 334 g/mol. The molecule has 0 aliphatic rings. The van der Waals surface area contributed by atoms with Gasteiger partial charge >= 0.3 is 6.18 Å². The molecule has 0 fully saturated rings. The summed E-state index contributed by atoms with van der Waals surface area (Å²) >= 11 is 0. The Morgan fingerprint density at radius 3 is 2.23 bits per heavy atom. The zero-order valence-electron chi connectivity index (χ0n) is 11.8. The smallest absolute Gasteiger partial charge is 0.416 e. The highest BCUT2D eigenvalue weighted by atomic mass is 32.2. The molecule has 120 valence electrons. The molecule has 0 aliphatic heterocycles. The maximum atomic E-state index is 12.5. The van der Waals surface area contributed by atoms with E-state index >= 15 is 0 Å². The van der Waals surface area contributed by atoms with Crippen LogP contribution in [0.1, 0.15) is 35.1 Å². The van der Waals surface area contributed by atoms with E-state index in [0.717, 1.165) is 24.3 Å². The Labute approximate surface area is 125 Å². The Bertz CT molecular complexity index is 752. The minimum atomic E-state index is -4.45. The maximum Gasteiger partial charge on any atom is 0.416 e. The zero-order valence-corrected chi connectivity index (χ0v) is 12.6. The fourth-order valence-electron chi connectivity index (χ4n) is 1.78. The topological polar surface area (TPSA) is 73.1 Å². The van der Waals surface area contributed by atoms with Crippen molar-refractivity contribution in [3.8, 4) is 0 Å². The minimum absolute atomic E-state index is 0.0376. The molecule has 0 saturated carbocycles. The van der Waals surface area contributed by atoms with Crippen molar-refractivity contribution in [1.82, 2.24) is 10.2 Å². The highest BCUT2D eigenvalue weighted by Crippen LogP contribution is 2.30. The molecule has 5 nitrogen and oxygen atoms in total. The number of sulfone groups is 1. The Kier molecular flexibility index (Phi) is 4.28. The lowest BCUT2D eigenvalue weighted by Crippen LogP contribution is -2.13. The van der Waals surface area contributed by atoms with Crippen molar-refractivity contribution in [1.29, 1.82) is 0 Å². The molecule has 1 atom stereocenters. The van der Waals surface area contributed by atoms with Crippen molar-refractivity contribution in [2.75, 3.05) is 0 Å². The molecule has 0 unspecified atom stereocenters. The first-order valence-electron chi connectivity index (χ1n) is 6.27. The molecule has 0 amide bonds. The van der Waals surface area contributed by atoms with Gasteiger partial charge < -0.3 is 4.42 Å². The van der Waals surface area contributed by atoms with Crippen molar-refractivity contribution in [2.45, 2.75) is 31.0 Å². The van der Waals surface area contributed by atoms with Crippen LogP contribution in [0.3, 0.4) is 0 Å². The first-order valence-corrected chi connectivity index (χ1v) is 7.99. The van der Waals surface area contributed by atoms with Crippen LogP contribution in [-0.4, -0.2) is 18.6 Å². The van der Waals surface area contributed by atoms with Gasteiger partial charge in [0.05, 0.1) is 11.3 Å². The van der Waals surface area contributed by atoms with Gasteiger partial charge in [0.2, 0.25) is 11.8 Å². The zero-order chi connectivity index (χ0) is 16.5. The molecule has 22 heavy (non-hydrogen) atoms. The number of hydrogen-bond acceptors (Lipinski definition) is 5. The van der Waals surface area contributed by atoms with Crippen molar-refractivity contribution >= 4 is 9.84 Å². The van der Waals surface area contributed by atoms with Crippen LogP contribution in [0.25, 0.3) is 0 Å². The van der Waals surface area contributed by atoms with Crippen LogP contribution >= 0.6 is 0 Å². The minimum Gasteiger partial charge on any atom is -0.424 e. The predicted octanol–water partition coefficient (Wildman–Crippen LogP) is 3.07. The average Bonchev–Trinajstić information content (AvgIpc) is 2.83. The Hall–Kier alpha value is -1.90.